The van der Waals surface area contributed by atoms with Crippen molar-refractivity contribution in [1.82, 2.24) is 5.32 Å². The molecule has 4 fully saturated rings. The summed E-state index contributed by atoms with van der Waals surface area (Å²) in [6.45, 7) is 0.755. The van der Waals surface area contributed by atoms with E-state index in [1.807, 2.05) is 18.2 Å². The Hall–Kier alpha value is -1.84. The molecule has 4 saturated carbocycles. The van der Waals surface area contributed by atoms with Gasteiger partial charge in [0.1, 0.15) is 0 Å². The molecule has 0 saturated heterocycles. The van der Waals surface area contributed by atoms with Crippen LogP contribution in [0.3, 0.4) is 0 Å². The zero-order chi connectivity index (χ0) is 17.0. The molecule has 4 bridgehead atoms. The van der Waals surface area contributed by atoms with Crippen LogP contribution in [0.15, 0.2) is 24.3 Å². The normalized spacial score (nSPS) is 38.2. The molecule has 5 aliphatic rings. The highest BCUT2D eigenvalue weighted by Crippen LogP contribution is 2.59. The van der Waals surface area contributed by atoms with Gasteiger partial charge in [0.25, 0.3) is 5.91 Å². The highest BCUT2D eigenvalue weighted by atomic mass is 16.5. The molecule has 1 aromatic rings. The number of benzene rings is 1. The molecule has 4 heteroatoms. The van der Waals surface area contributed by atoms with E-state index in [0.717, 1.165) is 29.9 Å². The average Bonchev–Trinajstić information content (AvgIpc) is 2.58. The van der Waals surface area contributed by atoms with Crippen molar-refractivity contribution >= 4 is 11.9 Å². The van der Waals surface area contributed by atoms with Gasteiger partial charge in [0, 0.05) is 13.0 Å². The molecule has 1 heterocycles. The summed E-state index contributed by atoms with van der Waals surface area (Å²) in [4.78, 5) is 24.8. The standard InChI is InChI=1S/C21H25NO3/c23-19(18-8-16-3-1-2-4-17(16)20(24)25-18)22-12-21-9-13-5-14(10-21)7-15(6-13)11-21/h1-4,13-15,18H,5-12H2,(H,22,23)/t13?,14?,15?,18-,21?/m0/s1. The quantitative estimate of drug-likeness (QED) is 0.861. The number of hydrogen-bond acceptors (Lipinski definition) is 3. The first-order valence-corrected chi connectivity index (χ1v) is 9.67. The van der Waals surface area contributed by atoms with E-state index in [0.29, 0.717) is 17.4 Å². The molecule has 1 amide bonds. The van der Waals surface area contributed by atoms with E-state index in [4.69, 9.17) is 4.74 Å². The fourth-order valence-corrected chi connectivity index (χ4v) is 6.37. The number of nitrogens with one attached hydrogen (secondary N) is 1. The fourth-order valence-electron chi connectivity index (χ4n) is 6.37. The number of carbonyl (C=O) groups is 2. The highest BCUT2D eigenvalue weighted by molar-refractivity contribution is 5.95. The molecule has 6 rings (SSSR count). The minimum absolute atomic E-state index is 0.126. The summed E-state index contributed by atoms with van der Waals surface area (Å²) < 4.78 is 5.40. The summed E-state index contributed by atoms with van der Waals surface area (Å²) in [6.07, 6.45) is 7.83. The van der Waals surface area contributed by atoms with Crippen LogP contribution in [-0.2, 0) is 16.0 Å². The molecule has 25 heavy (non-hydrogen) atoms. The van der Waals surface area contributed by atoms with E-state index >= 15 is 0 Å². The van der Waals surface area contributed by atoms with Crippen LogP contribution in [0.2, 0.25) is 0 Å². The molecule has 1 aliphatic heterocycles. The van der Waals surface area contributed by atoms with Gasteiger partial charge in [-0.25, -0.2) is 4.79 Å². The van der Waals surface area contributed by atoms with Gasteiger partial charge in [-0.2, -0.15) is 0 Å². The van der Waals surface area contributed by atoms with Crippen molar-refractivity contribution in [2.75, 3.05) is 6.54 Å². The third-order valence-corrected chi connectivity index (χ3v) is 6.99. The molecule has 0 aromatic heterocycles. The molecule has 4 nitrogen and oxygen atoms in total. The summed E-state index contributed by atoms with van der Waals surface area (Å²) in [6, 6.07) is 7.41. The van der Waals surface area contributed by atoms with Gasteiger partial charge in [0.2, 0.25) is 0 Å². The molecular weight excluding hydrogens is 314 g/mol. The number of cyclic esters (lactones) is 1. The molecular formula is C21H25NO3. The van der Waals surface area contributed by atoms with Crippen LogP contribution in [0.4, 0.5) is 0 Å². The fraction of sp³-hybridized carbons (Fsp3) is 0.619. The minimum atomic E-state index is -0.684. The summed E-state index contributed by atoms with van der Waals surface area (Å²) in [5.41, 5.74) is 1.81. The second-order valence-corrected chi connectivity index (χ2v) is 8.89. The van der Waals surface area contributed by atoms with Crippen molar-refractivity contribution in [2.45, 2.75) is 51.0 Å². The van der Waals surface area contributed by atoms with Gasteiger partial charge in [0.15, 0.2) is 6.10 Å². The van der Waals surface area contributed by atoms with Crippen LogP contribution >= 0.6 is 0 Å². The lowest BCUT2D eigenvalue weighted by Crippen LogP contribution is -2.53. The maximum atomic E-state index is 12.7. The Morgan fingerprint density at radius 2 is 1.72 bits per heavy atom. The third-order valence-electron chi connectivity index (χ3n) is 6.99. The molecule has 1 N–H and O–H groups in total. The lowest BCUT2D eigenvalue weighted by Gasteiger charge is -2.57. The predicted molar refractivity (Wildman–Crippen MR) is 93.0 cm³/mol. The number of hydrogen-bond donors (Lipinski definition) is 1. The average molecular weight is 339 g/mol. The van der Waals surface area contributed by atoms with Crippen LogP contribution < -0.4 is 5.32 Å². The molecule has 132 valence electrons. The zero-order valence-electron chi connectivity index (χ0n) is 14.5. The van der Waals surface area contributed by atoms with Crippen LogP contribution in [-0.4, -0.2) is 24.5 Å². The molecule has 1 aromatic carbocycles. The van der Waals surface area contributed by atoms with Crippen LogP contribution in [0.1, 0.15) is 54.4 Å². The van der Waals surface area contributed by atoms with Crippen molar-refractivity contribution in [3.05, 3.63) is 35.4 Å². The lowest BCUT2D eigenvalue weighted by atomic mass is 9.49. The van der Waals surface area contributed by atoms with Crippen molar-refractivity contribution in [2.24, 2.45) is 23.2 Å². The number of fused-ring (bicyclic) bond motifs is 1. The minimum Gasteiger partial charge on any atom is -0.448 e. The first-order chi connectivity index (χ1) is 12.1. The number of carbonyl (C=O) groups excluding carboxylic acids is 2. The monoisotopic (exact) mass is 339 g/mol. The second-order valence-electron chi connectivity index (χ2n) is 8.89. The van der Waals surface area contributed by atoms with Gasteiger partial charge in [-0.05, 0) is 73.3 Å². The zero-order valence-corrected chi connectivity index (χ0v) is 14.5. The van der Waals surface area contributed by atoms with Crippen molar-refractivity contribution in [3.63, 3.8) is 0 Å². The summed E-state index contributed by atoms with van der Waals surface area (Å²) in [5.74, 6) is 2.13. The van der Waals surface area contributed by atoms with Gasteiger partial charge in [0.05, 0.1) is 5.56 Å². The van der Waals surface area contributed by atoms with Gasteiger partial charge >= 0.3 is 5.97 Å². The Morgan fingerprint density at radius 3 is 2.40 bits per heavy atom. The van der Waals surface area contributed by atoms with Gasteiger partial charge in [-0.15, -0.1) is 0 Å². The maximum absolute atomic E-state index is 12.7. The van der Waals surface area contributed by atoms with Crippen molar-refractivity contribution < 1.29 is 14.3 Å². The summed E-state index contributed by atoms with van der Waals surface area (Å²) >= 11 is 0. The van der Waals surface area contributed by atoms with Gasteiger partial charge in [-0.3, -0.25) is 4.79 Å². The predicted octanol–water partition coefficient (Wildman–Crippen LogP) is 3.10. The number of ether oxygens (including phenoxy) is 1. The number of esters is 1. The van der Waals surface area contributed by atoms with E-state index < -0.39 is 6.10 Å². The van der Waals surface area contributed by atoms with Crippen LogP contribution in [0.25, 0.3) is 0 Å². The Bertz CT molecular complexity index is 690. The maximum Gasteiger partial charge on any atom is 0.339 e. The first-order valence-electron chi connectivity index (χ1n) is 9.67. The van der Waals surface area contributed by atoms with Gasteiger partial charge in [-0.1, -0.05) is 18.2 Å². The van der Waals surface area contributed by atoms with Crippen LogP contribution in [0.5, 0.6) is 0 Å². The number of rotatable bonds is 3. The Balaban J connectivity index is 1.25. The Labute approximate surface area is 148 Å². The molecule has 0 radical (unpaired) electrons. The van der Waals surface area contributed by atoms with E-state index in [2.05, 4.69) is 5.32 Å². The molecule has 4 aliphatic carbocycles. The molecule has 1 atom stereocenters. The molecule has 0 unspecified atom stereocenters. The first kappa shape index (κ1) is 15.4. The smallest absolute Gasteiger partial charge is 0.339 e. The van der Waals surface area contributed by atoms with Gasteiger partial charge < -0.3 is 10.1 Å². The molecule has 0 spiro atoms. The third kappa shape index (κ3) is 2.66. The van der Waals surface area contributed by atoms with Crippen LogP contribution in [0, 0.1) is 23.2 Å². The van der Waals surface area contributed by atoms with Crippen molar-refractivity contribution in [3.8, 4) is 0 Å². The SMILES string of the molecule is O=C1O[C@H](C(=O)NCC23CC4CC(CC(C4)C2)C3)Cc2ccccc21. The summed E-state index contributed by atoms with van der Waals surface area (Å²) in [5, 5.41) is 3.14. The second kappa shape index (κ2) is 5.58. The topological polar surface area (TPSA) is 55.4 Å². The van der Waals surface area contributed by atoms with Crippen molar-refractivity contribution in [1.29, 1.82) is 0 Å². The highest BCUT2D eigenvalue weighted by Gasteiger charge is 2.51. The van der Waals surface area contributed by atoms with E-state index in [-0.39, 0.29) is 11.9 Å². The van der Waals surface area contributed by atoms with E-state index in [1.165, 1.54) is 38.5 Å². The van der Waals surface area contributed by atoms with E-state index in [9.17, 15) is 9.59 Å². The Morgan fingerprint density at radius 1 is 1.08 bits per heavy atom. The number of amides is 1. The summed E-state index contributed by atoms with van der Waals surface area (Å²) in [7, 11) is 0. The van der Waals surface area contributed by atoms with E-state index in [1.54, 1.807) is 6.07 Å². The lowest BCUT2D eigenvalue weighted by molar-refractivity contribution is -0.132. The largest absolute Gasteiger partial charge is 0.448 e. The Kier molecular flexibility index (Phi) is 3.44.